The van der Waals surface area contributed by atoms with Gasteiger partial charge in [0.25, 0.3) is 0 Å². The summed E-state index contributed by atoms with van der Waals surface area (Å²) in [4.78, 5) is 18.8. The Labute approximate surface area is 206 Å². The monoisotopic (exact) mass is 466 g/mol. The van der Waals surface area contributed by atoms with Crippen molar-refractivity contribution in [1.29, 1.82) is 5.26 Å². The summed E-state index contributed by atoms with van der Waals surface area (Å²) in [5.74, 6) is 1.63. The number of anilines is 2. The molecule has 0 aliphatic rings. The minimum atomic E-state index is -0.551. The Balaban J connectivity index is 1.73. The Kier molecular flexibility index (Phi) is 7.04. The Morgan fingerprint density at radius 1 is 1.03 bits per heavy atom. The predicted octanol–water partition coefficient (Wildman–Crippen LogP) is 6.11. The van der Waals surface area contributed by atoms with Crippen LogP contribution in [0.25, 0.3) is 22.4 Å². The van der Waals surface area contributed by atoms with E-state index in [2.05, 4.69) is 30.2 Å². The first kappa shape index (κ1) is 24.2. The SMILES string of the molecule is Cc1cccnc1-c1ccc2c(Nc3ccc(C(C)(C)C#N)cc3)nc(COCC(C)C)nc2n1. The number of aromatic nitrogens is 4. The van der Waals surface area contributed by atoms with E-state index in [1.165, 1.54) is 0 Å². The van der Waals surface area contributed by atoms with Gasteiger partial charge in [-0.1, -0.05) is 32.0 Å². The Morgan fingerprint density at radius 3 is 2.49 bits per heavy atom. The molecule has 4 aromatic rings. The van der Waals surface area contributed by atoms with Crippen molar-refractivity contribution in [2.24, 2.45) is 5.92 Å². The van der Waals surface area contributed by atoms with Gasteiger partial charge in [-0.2, -0.15) is 5.26 Å². The van der Waals surface area contributed by atoms with Crippen LogP contribution in [0.5, 0.6) is 0 Å². The number of rotatable bonds is 8. The zero-order chi connectivity index (χ0) is 25.0. The minimum Gasteiger partial charge on any atom is -0.373 e. The van der Waals surface area contributed by atoms with Crippen LogP contribution in [0.3, 0.4) is 0 Å². The fourth-order valence-electron chi connectivity index (χ4n) is 3.66. The molecule has 0 unspecified atom stereocenters. The Hall–Kier alpha value is -3.89. The number of nitrogens with one attached hydrogen (secondary N) is 1. The van der Waals surface area contributed by atoms with Crippen LogP contribution in [-0.2, 0) is 16.8 Å². The lowest BCUT2D eigenvalue weighted by molar-refractivity contribution is 0.0925. The molecule has 0 atom stereocenters. The average molecular weight is 467 g/mol. The van der Waals surface area contributed by atoms with Crippen LogP contribution in [0.15, 0.2) is 54.7 Å². The van der Waals surface area contributed by atoms with E-state index in [1.807, 2.05) is 69.3 Å². The first-order valence-corrected chi connectivity index (χ1v) is 11.7. The summed E-state index contributed by atoms with van der Waals surface area (Å²) in [5.41, 5.74) is 4.49. The van der Waals surface area contributed by atoms with E-state index >= 15 is 0 Å². The van der Waals surface area contributed by atoms with Gasteiger partial charge in [0.05, 0.1) is 28.3 Å². The summed E-state index contributed by atoms with van der Waals surface area (Å²) in [7, 11) is 0. The molecule has 0 fully saturated rings. The van der Waals surface area contributed by atoms with Gasteiger partial charge in [0.15, 0.2) is 11.5 Å². The maximum absolute atomic E-state index is 9.42. The molecule has 0 aliphatic heterocycles. The van der Waals surface area contributed by atoms with Gasteiger partial charge in [0.2, 0.25) is 0 Å². The smallest absolute Gasteiger partial charge is 0.165 e. The highest BCUT2D eigenvalue weighted by Gasteiger charge is 2.19. The van der Waals surface area contributed by atoms with Crippen LogP contribution in [-0.4, -0.2) is 26.5 Å². The lowest BCUT2D eigenvalue weighted by Gasteiger charge is -2.17. The van der Waals surface area contributed by atoms with Crippen molar-refractivity contribution in [3.05, 3.63) is 71.7 Å². The van der Waals surface area contributed by atoms with Crippen LogP contribution >= 0.6 is 0 Å². The van der Waals surface area contributed by atoms with E-state index in [4.69, 9.17) is 19.7 Å². The highest BCUT2D eigenvalue weighted by atomic mass is 16.5. The van der Waals surface area contributed by atoms with Crippen LogP contribution in [0.1, 0.15) is 44.6 Å². The van der Waals surface area contributed by atoms with Crippen molar-refractivity contribution < 1.29 is 4.74 Å². The van der Waals surface area contributed by atoms with Crippen molar-refractivity contribution in [3.63, 3.8) is 0 Å². The number of pyridine rings is 2. The molecule has 0 spiro atoms. The van der Waals surface area contributed by atoms with Gasteiger partial charge in [-0.3, -0.25) is 4.98 Å². The number of ether oxygens (including phenoxy) is 1. The predicted molar refractivity (Wildman–Crippen MR) is 138 cm³/mol. The number of hydrogen-bond acceptors (Lipinski definition) is 7. The topological polar surface area (TPSA) is 96.6 Å². The highest BCUT2D eigenvalue weighted by molar-refractivity contribution is 5.90. The molecule has 3 aromatic heterocycles. The molecule has 178 valence electrons. The standard InChI is InChI=1S/C28H30N6O/c1-18(2)15-35-16-24-33-26(31-21-10-8-20(9-11-21)28(4,5)17-29)22-12-13-23(32-27(22)34-24)25-19(3)7-6-14-30-25/h6-14,18H,15-16H2,1-5H3,(H,31,32,33,34). The molecule has 1 aromatic carbocycles. The van der Waals surface area contributed by atoms with Crippen molar-refractivity contribution in [2.45, 2.75) is 46.6 Å². The van der Waals surface area contributed by atoms with Gasteiger partial charge in [-0.05, 0) is 68.1 Å². The molecule has 0 radical (unpaired) electrons. The van der Waals surface area contributed by atoms with Crippen LogP contribution < -0.4 is 5.32 Å². The third-order valence-electron chi connectivity index (χ3n) is 5.69. The van der Waals surface area contributed by atoms with Gasteiger partial charge in [0.1, 0.15) is 12.4 Å². The molecule has 0 saturated heterocycles. The van der Waals surface area contributed by atoms with Gasteiger partial charge >= 0.3 is 0 Å². The first-order chi connectivity index (χ1) is 16.8. The van der Waals surface area contributed by atoms with Crippen LogP contribution in [0.4, 0.5) is 11.5 Å². The molecule has 0 amide bonds. The summed E-state index contributed by atoms with van der Waals surface area (Å²) in [5, 5.41) is 13.6. The Bertz CT molecular complexity index is 1370. The van der Waals surface area contributed by atoms with Crippen molar-refractivity contribution in [2.75, 3.05) is 11.9 Å². The Morgan fingerprint density at radius 2 is 1.80 bits per heavy atom. The second-order valence-electron chi connectivity index (χ2n) is 9.57. The van der Waals surface area contributed by atoms with E-state index in [-0.39, 0.29) is 0 Å². The molecule has 7 nitrogen and oxygen atoms in total. The van der Waals surface area contributed by atoms with E-state index in [0.717, 1.165) is 33.6 Å². The van der Waals surface area contributed by atoms with Crippen molar-refractivity contribution in [3.8, 4) is 17.5 Å². The summed E-state index contributed by atoms with van der Waals surface area (Å²) in [6.07, 6.45) is 1.77. The molecule has 4 rings (SSSR count). The number of aryl methyl sites for hydroxylation is 1. The van der Waals surface area contributed by atoms with Crippen LogP contribution in [0, 0.1) is 24.2 Å². The van der Waals surface area contributed by atoms with Crippen molar-refractivity contribution >= 4 is 22.5 Å². The number of nitriles is 1. The zero-order valence-corrected chi connectivity index (χ0v) is 20.8. The third-order valence-corrected chi connectivity index (χ3v) is 5.69. The zero-order valence-electron chi connectivity index (χ0n) is 20.8. The average Bonchev–Trinajstić information content (AvgIpc) is 2.84. The fourth-order valence-corrected chi connectivity index (χ4v) is 3.66. The number of benzene rings is 1. The van der Waals surface area contributed by atoms with Gasteiger partial charge in [-0.15, -0.1) is 0 Å². The first-order valence-electron chi connectivity index (χ1n) is 11.7. The normalized spacial score (nSPS) is 11.6. The fraction of sp³-hybridized carbons (Fsp3) is 0.321. The molecule has 0 aliphatic carbocycles. The summed E-state index contributed by atoms with van der Waals surface area (Å²) < 4.78 is 5.81. The number of hydrogen-bond donors (Lipinski definition) is 1. The lowest BCUT2D eigenvalue weighted by atomic mass is 9.86. The van der Waals surface area contributed by atoms with Crippen LogP contribution in [0.2, 0.25) is 0 Å². The van der Waals surface area contributed by atoms with Gasteiger partial charge in [0, 0.05) is 18.5 Å². The highest BCUT2D eigenvalue weighted by Crippen LogP contribution is 2.28. The molecule has 0 saturated carbocycles. The molecular weight excluding hydrogens is 436 g/mol. The second-order valence-corrected chi connectivity index (χ2v) is 9.57. The molecule has 1 N–H and O–H groups in total. The van der Waals surface area contributed by atoms with E-state index < -0.39 is 5.41 Å². The van der Waals surface area contributed by atoms with E-state index in [0.29, 0.717) is 36.4 Å². The number of nitrogens with zero attached hydrogens (tertiary/aromatic N) is 5. The summed E-state index contributed by atoms with van der Waals surface area (Å²) >= 11 is 0. The second kappa shape index (κ2) is 10.2. The quantitative estimate of drug-likeness (QED) is 0.334. The maximum atomic E-state index is 9.42. The third kappa shape index (κ3) is 5.61. The molecule has 35 heavy (non-hydrogen) atoms. The molecular formula is C28H30N6O. The molecule has 0 bridgehead atoms. The summed E-state index contributed by atoms with van der Waals surface area (Å²) in [6.45, 7) is 11.0. The number of fused-ring (bicyclic) bond motifs is 1. The van der Waals surface area contributed by atoms with Gasteiger partial charge < -0.3 is 10.1 Å². The lowest BCUT2D eigenvalue weighted by Crippen LogP contribution is -2.13. The molecule has 3 heterocycles. The van der Waals surface area contributed by atoms with E-state index in [9.17, 15) is 5.26 Å². The van der Waals surface area contributed by atoms with Crippen molar-refractivity contribution in [1.82, 2.24) is 19.9 Å². The van der Waals surface area contributed by atoms with Gasteiger partial charge in [-0.25, -0.2) is 15.0 Å². The minimum absolute atomic E-state index is 0.298. The van der Waals surface area contributed by atoms with E-state index in [1.54, 1.807) is 6.20 Å². The molecule has 7 heteroatoms. The largest absolute Gasteiger partial charge is 0.373 e. The summed E-state index contributed by atoms with van der Waals surface area (Å²) in [6, 6.07) is 18.0. The maximum Gasteiger partial charge on any atom is 0.165 e.